The molecule has 0 atom stereocenters. The van der Waals surface area contributed by atoms with Gasteiger partial charge in [-0.3, -0.25) is 4.57 Å². The van der Waals surface area contributed by atoms with Crippen molar-refractivity contribution in [2.24, 2.45) is 0 Å². The molecule has 0 N–H and O–H groups in total. The number of hydrogen-bond donors (Lipinski definition) is 0. The lowest BCUT2D eigenvalue weighted by Gasteiger charge is -2.09. The Morgan fingerprint density at radius 1 is 1.32 bits per heavy atom. The fourth-order valence-electron chi connectivity index (χ4n) is 1.67. The van der Waals surface area contributed by atoms with Crippen LogP contribution in [0, 0.1) is 0 Å². The highest BCUT2D eigenvalue weighted by molar-refractivity contribution is 7.99. The number of halogens is 2. The van der Waals surface area contributed by atoms with Gasteiger partial charge in [-0.25, -0.2) is 0 Å². The Labute approximate surface area is 143 Å². The van der Waals surface area contributed by atoms with Crippen molar-refractivity contribution in [2.75, 3.05) is 5.75 Å². The number of allylic oxidation sites excluding steroid dienone is 1. The summed E-state index contributed by atoms with van der Waals surface area (Å²) in [6, 6.07) is 7.17. The molecule has 1 heterocycles. The van der Waals surface area contributed by atoms with E-state index in [0.717, 1.165) is 16.7 Å². The molecule has 116 valence electrons. The van der Waals surface area contributed by atoms with Gasteiger partial charge in [0.05, 0.1) is 0 Å². The molecule has 0 bridgehead atoms. The maximum absolute atomic E-state index is 5.85. The molecule has 0 unspecified atom stereocenters. The van der Waals surface area contributed by atoms with Gasteiger partial charge in [-0.1, -0.05) is 47.6 Å². The van der Waals surface area contributed by atoms with Crippen LogP contribution in [-0.2, 0) is 13.2 Å². The second-order valence-electron chi connectivity index (χ2n) is 4.35. The first-order chi connectivity index (χ1) is 10.6. The highest BCUT2D eigenvalue weighted by Crippen LogP contribution is 2.22. The normalized spacial score (nSPS) is 10.5. The summed E-state index contributed by atoms with van der Waals surface area (Å²) in [5.41, 5.74) is 0. The van der Waals surface area contributed by atoms with Gasteiger partial charge >= 0.3 is 0 Å². The Hall–Kier alpha value is -1.43. The van der Waals surface area contributed by atoms with Crippen molar-refractivity contribution in [2.45, 2.75) is 18.3 Å². The summed E-state index contributed by atoms with van der Waals surface area (Å²) in [4.78, 5) is 0. The smallest absolute Gasteiger partial charge is 0.191 e. The molecule has 0 aliphatic rings. The van der Waals surface area contributed by atoms with Crippen LogP contribution in [0.3, 0.4) is 0 Å². The largest absolute Gasteiger partial charge is 0.486 e. The number of rotatable bonds is 8. The molecular formula is C15H15Cl2N3OS. The van der Waals surface area contributed by atoms with Gasteiger partial charge in [-0.2, -0.15) is 0 Å². The summed E-state index contributed by atoms with van der Waals surface area (Å²) < 4.78 is 7.64. The van der Waals surface area contributed by atoms with Gasteiger partial charge in [0.15, 0.2) is 11.0 Å². The van der Waals surface area contributed by atoms with Crippen LogP contribution in [-0.4, -0.2) is 20.5 Å². The number of benzene rings is 1. The van der Waals surface area contributed by atoms with E-state index in [-0.39, 0.29) is 0 Å². The number of aromatic nitrogens is 3. The van der Waals surface area contributed by atoms with Crippen LogP contribution in [0.5, 0.6) is 5.75 Å². The van der Waals surface area contributed by atoms with Crippen molar-refractivity contribution in [3.63, 3.8) is 0 Å². The zero-order valence-corrected chi connectivity index (χ0v) is 14.2. The van der Waals surface area contributed by atoms with Gasteiger partial charge in [0.1, 0.15) is 12.4 Å². The van der Waals surface area contributed by atoms with Crippen molar-refractivity contribution in [1.29, 1.82) is 0 Å². The van der Waals surface area contributed by atoms with Gasteiger partial charge in [0.25, 0.3) is 0 Å². The van der Waals surface area contributed by atoms with Gasteiger partial charge in [0.2, 0.25) is 0 Å². The summed E-state index contributed by atoms with van der Waals surface area (Å²) in [5, 5.41) is 10.3. The molecule has 1 aromatic carbocycles. The minimum atomic E-state index is 0.310. The Kier molecular flexibility index (Phi) is 6.36. The predicted octanol–water partition coefficient (Wildman–Crippen LogP) is 4.54. The molecule has 0 saturated carbocycles. The molecule has 2 rings (SSSR count). The van der Waals surface area contributed by atoms with Gasteiger partial charge in [-0.15, -0.1) is 16.8 Å². The summed E-state index contributed by atoms with van der Waals surface area (Å²) >= 11 is 13.1. The first-order valence-corrected chi connectivity index (χ1v) is 8.21. The van der Waals surface area contributed by atoms with Crippen LogP contribution in [0.2, 0.25) is 5.02 Å². The van der Waals surface area contributed by atoms with Crippen molar-refractivity contribution in [1.82, 2.24) is 14.8 Å². The minimum absolute atomic E-state index is 0.310. The molecule has 22 heavy (non-hydrogen) atoms. The Morgan fingerprint density at radius 3 is 2.68 bits per heavy atom. The zero-order chi connectivity index (χ0) is 15.9. The van der Waals surface area contributed by atoms with Crippen molar-refractivity contribution >= 4 is 35.0 Å². The summed E-state index contributed by atoms with van der Waals surface area (Å²) in [6.45, 7) is 8.33. The predicted molar refractivity (Wildman–Crippen MR) is 91.7 cm³/mol. The van der Waals surface area contributed by atoms with Crippen LogP contribution < -0.4 is 4.74 Å². The van der Waals surface area contributed by atoms with Gasteiger partial charge in [-0.05, 0) is 24.3 Å². The Morgan fingerprint density at radius 2 is 2.05 bits per heavy atom. The zero-order valence-electron chi connectivity index (χ0n) is 11.8. The highest BCUT2D eigenvalue weighted by Gasteiger charge is 2.12. The average Bonchev–Trinajstić information content (AvgIpc) is 2.87. The summed E-state index contributed by atoms with van der Waals surface area (Å²) in [7, 11) is 0. The number of ether oxygens (including phenoxy) is 1. The molecule has 0 amide bonds. The van der Waals surface area contributed by atoms with E-state index in [0.29, 0.717) is 29.0 Å². The first kappa shape index (κ1) is 16.9. The third-order valence-corrected chi connectivity index (χ3v) is 4.24. The molecule has 1 aromatic heterocycles. The van der Waals surface area contributed by atoms with E-state index in [1.165, 1.54) is 11.8 Å². The fourth-order valence-corrected chi connectivity index (χ4v) is 2.68. The van der Waals surface area contributed by atoms with Crippen LogP contribution in [0.4, 0.5) is 0 Å². The maximum atomic E-state index is 5.85. The molecule has 2 aromatic rings. The SMILES string of the molecule is C=CCn1c(COc2ccc(Cl)cc2)nnc1SCC(=C)Cl. The van der Waals surface area contributed by atoms with Crippen LogP contribution >= 0.6 is 35.0 Å². The van der Waals surface area contributed by atoms with E-state index in [9.17, 15) is 0 Å². The van der Waals surface area contributed by atoms with Gasteiger partial charge in [0, 0.05) is 22.4 Å². The van der Waals surface area contributed by atoms with E-state index in [1.54, 1.807) is 18.2 Å². The summed E-state index contributed by atoms with van der Waals surface area (Å²) in [6.07, 6.45) is 1.79. The van der Waals surface area contributed by atoms with E-state index < -0.39 is 0 Å². The molecule has 0 saturated heterocycles. The standard InChI is InChI=1S/C15H15Cl2N3OS/c1-3-8-20-14(18-19-15(20)22-10-11(2)16)9-21-13-6-4-12(17)5-7-13/h3-7H,1-2,8-10H2. The molecule has 0 spiro atoms. The number of hydrogen-bond acceptors (Lipinski definition) is 4. The van der Waals surface area contributed by atoms with Gasteiger partial charge < -0.3 is 4.74 Å². The second-order valence-corrected chi connectivity index (χ2v) is 6.26. The fraction of sp³-hybridized carbons (Fsp3) is 0.200. The third-order valence-electron chi connectivity index (χ3n) is 2.64. The lowest BCUT2D eigenvalue weighted by molar-refractivity contribution is 0.289. The van der Waals surface area contributed by atoms with Crippen LogP contribution in [0.25, 0.3) is 0 Å². The molecule has 7 heteroatoms. The second kappa shape index (κ2) is 8.27. The first-order valence-electron chi connectivity index (χ1n) is 6.47. The quantitative estimate of drug-likeness (QED) is 0.514. The Balaban J connectivity index is 2.07. The molecule has 0 radical (unpaired) electrons. The summed E-state index contributed by atoms with van der Waals surface area (Å²) in [5.74, 6) is 2.02. The Bertz CT molecular complexity index is 655. The molecule has 0 fully saturated rings. The highest BCUT2D eigenvalue weighted by atomic mass is 35.5. The lowest BCUT2D eigenvalue weighted by Crippen LogP contribution is -2.07. The van der Waals surface area contributed by atoms with Crippen LogP contribution in [0.1, 0.15) is 5.82 Å². The minimum Gasteiger partial charge on any atom is -0.486 e. The lowest BCUT2D eigenvalue weighted by atomic mass is 10.3. The van der Waals surface area contributed by atoms with E-state index >= 15 is 0 Å². The van der Waals surface area contributed by atoms with Crippen LogP contribution in [0.15, 0.2) is 53.7 Å². The number of nitrogens with zero attached hydrogens (tertiary/aromatic N) is 3. The third kappa shape index (κ3) is 4.80. The van der Waals surface area contributed by atoms with Crippen molar-refractivity contribution in [3.8, 4) is 5.75 Å². The van der Waals surface area contributed by atoms with E-state index in [4.69, 9.17) is 27.9 Å². The van der Waals surface area contributed by atoms with Crippen molar-refractivity contribution in [3.05, 3.63) is 59.4 Å². The van der Waals surface area contributed by atoms with E-state index in [1.807, 2.05) is 16.7 Å². The van der Waals surface area contributed by atoms with E-state index in [2.05, 4.69) is 23.4 Å². The average molecular weight is 356 g/mol. The molecule has 0 aliphatic heterocycles. The molecule has 4 nitrogen and oxygen atoms in total. The van der Waals surface area contributed by atoms with Crippen molar-refractivity contribution < 1.29 is 4.74 Å². The topological polar surface area (TPSA) is 39.9 Å². The maximum Gasteiger partial charge on any atom is 0.191 e. The monoisotopic (exact) mass is 355 g/mol. The number of thioether (sulfide) groups is 1. The molecule has 0 aliphatic carbocycles. The molecular weight excluding hydrogens is 341 g/mol.